The van der Waals surface area contributed by atoms with E-state index in [0.29, 0.717) is 0 Å². The molecule has 1 rings (SSSR count). The van der Waals surface area contributed by atoms with Crippen LogP contribution in [0.2, 0.25) is 5.02 Å². The minimum Gasteiger partial charge on any atom is -0.396 e. The van der Waals surface area contributed by atoms with Gasteiger partial charge in [-0.15, -0.1) is 11.8 Å². The Kier molecular flexibility index (Phi) is 5.24. The van der Waals surface area contributed by atoms with E-state index in [9.17, 15) is 10.1 Å². The topological polar surface area (TPSA) is 63.4 Å². The molecule has 0 aliphatic rings. The summed E-state index contributed by atoms with van der Waals surface area (Å²) in [5, 5.41) is 19.8. The average Bonchev–Trinajstić information content (AvgIpc) is 2.28. The van der Waals surface area contributed by atoms with Crippen LogP contribution in [0, 0.1) is 23.0 Å². The quantitative estimate of drug-likeness (QED) is 0.509. The maximum absolute atomic E-state index is 10.7. The van der Waals surface area contributed by atoms with Crippen molar-refractivity contribution in [3.63, 3.8) is 0 Å². The van der Waals surface area contributed by atoms with Crippen molar-refractivity contribution in [1.82, 2.24) is 0 Å². The van der Waals surface area contributed by atoms with Gasteiger partial charge in [-0.3, -0.25) is 10.1 Å². The van der Waals surface area contributed by atoms with Gasteiger partial charge in [0.25, 0.3) is 5.69 Å². The summed E-state index contributed by atoms with van der Waals surface area (Å²) >= 11 is 7.39. The van der Waals surface area contributed by atoms with Gasteiger partial charge in [0.15, 0.2) is 0 Å². The highest BCUT2D eigenvalue weighted by Gasteiger charge is 2.15. The first-order valence-corrected chi connectivity index (χ1v) is 6.50. The predicted octanol–water partition coefficient (Wildman–Crippen LogP) is 3.28. The van der Waals surface area contributed by atoms with Gasteiger partial charge in [-0.25, -0.2) is 0 Å². The van der Waals surface area contributed by atoms with Gasteiger partial charge in [-0.1, -0.05) is 18.5 Å². The zero-order valence-electron chi connectivity index (χ0n) is 9.64. The molecule has 0 spiro atoms. The van der Waals surface area contributed by atoms with Crippen molar-refractivity contribution in [2.24, 2.45) is 5.92 Å². The predicted molar refractivity (Wildman–Crippen MR) is 69.8 cm³/mol. The summed E-state index contributed by atoms with van der Waals surface area (Å²) in [7, 11) is 0. The van der Waals surface area contributed by atoms with Crippen molar-refractivity contribution in [2.45, 2.75) is 18.7 Å². The number of hydrogen-bond acceptors (Lipinski definition) is 4. The van der Waals surface area contributed by atoms with Crippen LogP contribution in [0.4, 0.5) is 5.69 Å². The molecule has 0 saturated carbocycles. The van der Waals surface area contributed by atoms with Gasteiger partial charge < -0.3 is 5.11 Å². The number of hydrogen-bond donors (Lipinski definition) is 1. The molecule has 4 nitrogen and oxygen atoms in total. The number of nitrogens with zero attached hydrogens (tertiary/aromatic N) is 1. The monoisotopic (exact) mass is 275 g/mol. The molecule has 0 saturated heterocycles. The number of nitro benzene ring substituents is 1. The smallest absolute Gasteiger partial charge is 0.288 e. The second-order valence-corrected chi connectivity index (χ2v) is 5.39. The van der Waals surface area contributed by atoms with Crippen LogP contribution in [-0.4, -0.2) is 22.4 Å². The lowest BCUT2D eigenvalue weighted by Crippen LogP contribution is -2.03. The molecular formula is C11H14ClNO3S. The van der Waals surface area contributed by atoms with E-state index in [1.54, 1.807) is 17.8 Å². The Morgan fingerprint density at radius 2 is 2.24 bits per heavy atom. The number of rotatable bonds is 5. The van der Waals surface area contributed by atoms with E-state index in [-0.39, 0.29) is 23.2 Å². The van der Waals surface area contributed by atoms with Crippen molar-refractivity contribution in [1.29, 1.82) is 0 Å². The molecule has 0 amide bonds. The molecule has 1 unspecified atom stereocenters. The molecule has 0 heterocycles. The molecule has 17 heavy (non-hydrogen) atoms. The average molecular weight is 276 g/mol. The second kappa shape index (κ2) is 6.23. The highest BCUT2D eigenvalue weighted by molar-refractivity contribution is 7.99. The van der Waals surface area contributed by atoms with E-state index < -0.39 is 4.92 Å². The first kappa shape index (κ1) is 14.3. The molecule has 1 aromatic rings. The first-order valence-electron chi connectivity index (χ1n) is 5.14. The third-order valence-corrected chi connectivity index (χ3v) is 4.07. The van der Waals surface area contributed by atoms with Gasteiger partial charge in [0.05, 0.1) is 4.92 Å². The summed E-state index contributed by atoms with van der Waals surface area (Å²) in [6.07, 6.45) is 0. The standard InChI is InChI=1S/C11H14ClNO3S/c1-7(5-14)6-17-11-4-9(12)10(13(15)16)3-8(11)2/h3-4,7,14H,5-6H2,1-2H3. The van der Waals surface area contributed by atoms with Gasteiger partial charge in [0.1, 0.15) is 5.02 Å². The van der Waals surface area contributed by atoms with Crippen LogP contribution in [0.5, 0.6) is 0 Å². The molecule has 6 heteroatoms. The van der Waals surface area contributed by atoms with Crippen LogP contribution >= 0.6 is 23.4 Å². The van der Waals surface area contributed by atoms with Gasteiger partial charge in [0.2, 0.25) is 0 Å². The lowest BCUT2D eigenvalue weighted by Gasteiger charge is -2.09. The summed E-state index contributed by atoms with van der Waals surface area (Å²) in [4.78, 5) is 11.1. The lowest BCUT2D eigenvalue weighted by atomic mass is 10.2. The molecule has 0 radical (unpaired) electrons. The Bertz CT molecular complexity index is 425. The van der Waals surface area contributed by atoms with Crippen molar-refractivity contribution in [2.75, 3.05) is 12.4 Å². The van der Waals surface area contributed by atoms with E-state index in [2.05, 4.69) is 0 Å². The molecule has 1 N–H and O–H groups in total. The third kappa shape index (κ3) is 3.87. The van der Waals surface area contributed by atoms with Crippen molar-refractivity contribution < 1.29 is 10.0 Å². The lowest BCUT2D eigenvalue weighted by molar-refractivity contribution is -0.384. The van der Waals surface area contributed by atoms with E-state index in [1.807, 2.05) is 13.8 Å². The molecule has 0 aromatic heterocycles. The molecule has 0 aliphatic heterocycles. The highest BCUT2D eigenvalue weighted by Crippen LogP contribution is 2.33. The summed E-state index contributed by atoms with van der Waals surface area (Å²) < 4.78 is 0. The number of aliphatic hydroxyl groups excluding tert-OH is 1. The highest BCUT2D eigenvalue weighted by atomic mass is 35.5. The van der Waals surface area contributed by atoms with Gasteiger partial charge >= 0.3 is 0 Å². The maximum atomic E-state index is 10.7. The second-order valence-electron chi connectivity index (χ2n) is 3.92. The molecule has 94 valence electrons. The number of aryl methyl sites for hydroxylation is 1. The number of thioether (sulfide) groups is 1. The molecule has 1 aromatic carbocycles. The van der Waals surface area contributed by atoms with Crippen LogP contribution in [-0.2, 0) is 0 Å². The molecule has 0 aliphatic carbocycles. The Balaban J connectivity index is 2.88. The minimum atomic E-state index is -0.486. The Labute approximate surface area is 109 Å². The number of benzene rings is 1. The number of halogens is 1. The minimum absolute atomic E-state index is 0.0660. The van der Waals surface area contributed by atoms with Crippen molar-refractivity contribution in [3.05, 3.63) is 32.8 Å². The van der Waals surface area contributed by atoms with Crippen LogP contribution in [0.25, 0.3) is 0 Å². The molecule has 1 atom stereocenters. The number of nitro groups is 1. The van der Waals surface area contributed by atoms with Gasteiger partial charge in [-0.2, -0.15) is 0 Å². The van der Waals surface area contributed by atoms with Crippen molar-refractivity contribution >= 4 is 29.1 Å². The number of aliphatic hydroxyl groups is 1. The maximum Gasteiger partial charge on any atom is 0.288 e. The Morgan fingerprint density at radius 1 is 1.59 bits per heavy atom. The SMILES string of the molecule is Cc1cc([N+](=O)[O-])c(Cl)cc1SCC(C)CO. The zero-order chi connectivity index (χ0) is 13.0. The van der Waals surface area contributed by atoms with E-state index in [1.165, 1.54) is 6.07 Å². The summed E-state index contributed by atoms with van der Waals surface area (Å²) in [6, 6.07) is 3.10. The normalized spacial score (nSPS) is 12.5. The van der Waals surface area contributed by atoms with Gasteiger partial charge in [-0.05, 0) is 24.5 Å². The van der Waals surface area contributed by atoms with Crippen LogP contribution < -0.4 is 0 Å². The summed E-state index contributed by atoms with van der Waals surface area (Å²) in [5.74, 6) is 0.944. The fourth-order valence-electron chi connectivity index (χ4n) is 1.23. The summed E-state index contributed by atoms with van der Waals surface area (Å²) in [5.41, 5.74) is 0.764. The fraction of sp³-hybridized carbons (Fsp3) is 0.455. The molecule has 0 fully saturated rings. The van der Waals surface area contributed by atoms with Gasteiger partial charge in [0, 0.05) is 23.3 Å². The van der Waals surface area contributed by atoms with Crippen LogP contribution in [0.3, 0.4) is 0 Å². The van der Waals surface area contributed by atoms with E-state index in [0.717, 1.165) is 16.2 Å². The van der Waals surface area contributed by atoms with Crippen molar-refractivity contribution in [3.8, 4) is 0 Å². The fourth-order valence-corrected chi connectivity index (χ4v) is 2.58. The first-order chi connectivity index (χ1) is 7.95. The van der Waals surface area contributed by atoms with E-state index in [4.69, 9.17) is 16.7 Å². The largest absolute Gasteiger partial charge is 0.396 e. The third-order valence-electron chi connectivity index (χ3n) is 2.28. The Hall–Kier alpha value is -0.780. The Morgan fingerprint density at radius 3 is 2.76 bits per heavy atom. The zero-order valence-corrected chi connectivity index (χ0v) is 11.2. The molecular weight excluding hydrogens is 262 g/mol. The van der Waals surface area contributed by atoms with Crippen LogP contribution in [0.1, 0.15) is 12.5 Å². The molecule has 0 bridgehead atoms. The summed E-state index contributed by atoms with van der Waals surface area (Å²) in [6.45, 7) is 3.89. The van der Waals surface area contributed by atoms with E-state index >= 15 is 0 Å². The van der Waals surface area contributed by atoms with Crippen LogP contribution in [0.15, 0.2) is 17.0 Å².